The molecule has 1 aromatic carbocycles. The zero-order valence-corrected chi connectivity index (χ0v) is 16.5. The van der Waals surface area contributed by atoms with Crippen LogP contribution in [0.4, 0.5) is 15.2 Å². The molecule has 0 fully saturated rings. The van der Waals surface area contributed by atoms with Crippen LogP contribution in [0.15, 0.2) is 28.6 Å². The lowest BCUT2D eigenvalue weighted by Gasteiger charge is -2.11. The number of hydrogen-bond acceptors (Lipinski definition) is 7. The highest BCUT2D eigenvalue weighted by molar-refractivity contribution is 8.00. The van der Waals surface area contributed by atoms with Gasteiger partial charge in [-0.15, -0.1) is 11.3 Å². The van der Waals surface area contributed by atoms with Crippen molar-refractivity contribution in [3.8, 4) is 0 Å². The van der Waals surface area contributed by atoms with Crippen LogP contribution in [0.1, 0.15) is 12.8 Å². The Morgan fingerprint density at radius 2 is 2.04 bits per heavy atom. The highest BCUT2D eigenvalue weighted by atomic mass is 35.5. The maximum atomic E-state index is 14.2. The fraction of sp³-hybridized carbons (Fsp3) is 0.438. The molecule has 1 aromatic heterocycles. The van der Waals surface area contributed by atoms with Crippen LogP contribution in [0.2, 0.25) is 5.02 Å². The van der Waals surface area contributed by atoms with E-state index in [2.05, 4.69) is 25.7 Å². The molecule has 0 unspecified atom stereocenters. The number of hydrogen-bond donors (Lipinski definition) is 4. The molecule has 25 heavy (non-hydrogen) atoms. The molecule has 0 radical (unpaired) electrons. The lowest BCUT2D eigenvalue weighted by Crippen LogP contribution is -2.25. The Morgan fingerprint density at radius 3 is 2.80 bits per heavy atom. The molecule has 0 saturated heterocycles. The zero-order valence-electron chi connectivity index (χ0n) is 14.1. The van der Waals surface area contributed by atoms with Gasteiger partial charge in [-0.1, -0.05) is 11.6 Å². The van der Waals surface area contributed by atoms with E-state index in [1.165, 1.54) is 29.4 Å². The van der Waals surface area contributed by atoms with Gasteiger partial charge in [0.2, 0.25) is 0 Å². The lowest BCUT2D eigenvalue weighted by atomic mass is 10.2. The first-order valence-electron chi connectivity index (χ1n) is 8.11. The van der Waals surface area contributed by atoms with Crippen molar-refractivity contribution in [2.75, 3.05) is 43.3 Å². The molecule has 138 valence electrons. The second-order valence-electron chi connectivity index (χ2n) is 5.29. The van der Waals surface area contributed by atoms with E-state index in [-0.39, 0.29) is 5.82 Å². The number of aromatic nitrogens is 1. The molecule has 0 bridgehead atoms. The molecule has 0 aliphatic heterocycles. The Balaban J connectivity index is 1.73. The van der Waals surface area contributed by atoms with Crippen LogP contribution in [-0.4, -0.2) is 38.2 Å². The topological polar surface area (TPSA) is 61.0 Å². The Bertz CT molecular complexity index is 627. The summed E-state index contributed by atoms with van der Waals surface area (Å²) in [4.78, 5) is 4.54. The van der Waals surface area contributed by atoms with Crippen molar-refractivity contribution in [2.45, 2.75) is 17.7 Å². The van der Waals surface area contributed by atoms with Crippen molar-refractivity contribution < 1.29 is 4.39 Å². The SMILES string of the molecule is CNCCNCCCCNc1cc(F)c(SNc2nccs2)cc1Cl. The van der Waals surface area contributed by atoms with Gasteiger partial charge >= 0.3 is 0 Å². The summed E-state index contributed by atoms with van der Waals surface area (Å²) in [6.45, 7) is 3.67. The molecule has 0 atom stereocenters. The van der Waals surface area contributed by atoms with E-state index < -0.39 is 0 Å². The molecule has 0 amide bonds. The van der Waals surface area contributed by atoms with Crippen LogP contribution >= 0.6 is 34.9 Å². The van der Waals surface area contributed by atoms with Crippen molar-refractivity contribution in [2.24, 2.45) is 0 Å². The molecule has 1 heterocycles. The van der Waals surface area contributed by atoms with E-state index in [0.717, 1.165) is 44.2 Å². The smallest absolute Gasteiger partial charge is 0.192 e. The number of thiazole rings is 1. The summed E-state index contributed by atoms with van der Waals surface area (Å²) in [6.07, 6.45) is 3.75. The summed E-state index contributed by atoms with van der Waals surface area (Å²) in [7, 11) is 1.94. The van der Waals surface area contributed by atoms with E-state index in [4.69, 9.17) is 11.6 Å². The lowest BCUT2D eigenvalue weighted by molar-refractivity contribution is 0.601. The molecule has 4 N–H and O–H groups in total. The highest BCUT2D eigenvalue weighted by Gasteiger charge is 2.10. The molecule has 0 aliphatic rings. The van der Waals surface area contributed by atoms with Gasteiger partial charge in [-0.3, -0.25) is 0 Å². The molecule has 2 aromatic rings. The molecule has 5 nitrogen and oxygen atoms in total. The van der Waals surface area contributed by atoms with Crippen molar-refractivity contribution in [3.05, 3.63) is 34.5 Å². The number of halogens is 2. The summed E-state index contributed by atoms with van der Waals surface area (Å²) in [6, 6.07) is 3.07. The van der Waals surface area contributed by atoms with Crippen LogP contribution < -0.4 is 20.7 Å². The predicted molar refractivity (Wildman–Crippen MR) is 108 cm³/mol. The summed E-state index contributed by atoms with van der Waals surface area (Å²) < 4.78 is 17.2. The highest BCUT2D eigenvalue weighted by Crippen LogP contribution is 2.32. The van der Waals surface area contributed by atoms with Gasteiger partial charge < -0.3 is 20.7 Å². The molecule has 2 rings (SSSR count). The third-order valence-corrected chi connectivity index (χ3v) is 5.31. The number of rotatable bonds is 12. The molecule has 0 aliphatic carbocycles. The number of likely N-dealkylation sites (N-methyl/N-ethyl adjacent to an activating group) is 1. The van der Waals surface area contributed by atoms with Gasteiger partial charge in [-0.2, -0.15) is 0 Å². The Kier molecular flexibility index (Phi) is 9.35. The first-order valence-corrected chi connectivity index (χ1v) is 10.2. The zero-order chi connectivity index (χ0) is 17.9. The molecule has 0 spiro atoms. The van der Waals surface area contributed by atoms with Crippen molar-refractivity contribution >= 4 is 45.7 Å². The molecule has 0 saturated carbocycles. The van der Waals surface area contributed by atoms with Gasteiger partial charge in [0.05, 0.1) is 15.6 Å². The van der Waals surface area contributed by atoms with Crippen LogP contribution in [0, 0.1) is 5.82 Å². The number of anilines is 2. The predicted octanol–water partition coefficient (Wildman–Crippen LogP) is 4.06. The monoisotopic (exact) mass is 403 g/mol. The Labute approximate surface area is 161 Å². The number of benzene rings is 1. The third-order valence-electron chi connectivity index (χ3n) is 3.35. The minimum absolute atomic E-state index is 0.310. The number of nitrogens with one attached hydrogen (secondary N) is 4. The van der Waals surface area contributed by atoms with Gasteiger partial charge in [-0.05, 0) is 50.5 Å². The van der Waals surface area contributed by atoms with Gasteiger partial charge in [-0.25, -0.2) is 9.37 Å². The van der Waals surface area contributed by atoms with Gasteiger partial charge in [0, 0.05) is 31.2 Å². The standard InChI is InChI=1S/C16H23ClFN5S2/c1-19-6-7-20-4-2-3-5-21-14-11-13(18)15(10-12(14)17)25-23-16-22-8-9-24-16/h8-11,19-21H,2-7H2,1H3,(H,22,23). The van der Waals surface area contributed by atoms with E-state index in [1.54, 1.807) is 12.3 Å². The fourth-order valence-corrected chi connectivity index (χ4v) is 3.62. The van der Waals surface area contributed by atoms with Crippen LogP contribution in [0.25, 0.3) is 0 Å². The van der Waals surface area contributed by atoms with Gasteiger partial charge in [0.25, 0.3) is 0 Å². The van der Waals surface area contributed by atoms with E-state index in [9.17, 15) is 4.39 Å². The average molecular weight is 404 g/mol. The van der Waals surface area contributed by atoms with Gasteiger partial charge in [0.1, 0.15) is 5.82 Å². The summed E-state index contributed by atoms with van der Waals surface area (Å²) in [5, 5.41) is 12.7. The maximum absolute atomic E-state index is 14.2. The Hall–Kier alpha value is -1.06. The molecular weight excluding hydrogens is 381 g/mol. The van der Waals surface area contributed by atoms with E-state index in [0.29, 0.717) is 15.6 Å². The van der Waals surface area contributed by atoms with Crippen LogP contribution in [-0.2, 0) is 0 Å². The number of unbranched alkanes of at least 4 members (excludes halogenated alkanes) is 1. The number of nitrogens with zero attached hydrogens (tertiary/aromatic N) is 1. The summed E-state index contributed by atoms with van der Waals surface area (Å²) in [5.74, 6) is -0.310. The maximum Gasteiger partial charge on any atom is 0.192 e. The largest absolute Gasteiger partial charge is 0.384 e. The van der Waals surface area contributed by atoms with Crippen molar-refractivity contribution in [1.29, 1.82) is 0 Å². The van der Waals surface area contributed by atoms with E-state index in [1.807, 2.05) is 12.4 Å². The normalized spacial score (nSPS) is 10.8. The first kappa shape index (κ1) is 20.3. The summed E-state index contributed by atoms with van der Waals surface area (Å²) in [5.41, 5.74) is 0.626. The Morgan fingerprint density at radius 1 is 1.20 bits per heavy atom. The fourth-order valence-electron chi connectivity index (χ4n) is 2.05. The quantitative estimate of drug-likeness (QED) is 0.317. The minimum atomic E-state index is -0.310. The molecular formula is C16H23ClFN5S2. The van der Waals surface area contributed by atoms with Gasteiger partial charge in [0.15, 0.2) is 5.13 Å². The average Bonchev–Trinajstić information content (AvgIpc) is 3.12. The second-order valence-corrected chi connectivity index (χ2v) is 7.44. The summed E-state index contributed by atoms with van der Waals surface area (Å²) >= 11 is 8.88. The molecule has 9 heteroatoms. The third kappa shape index (κ3) is 7.37. The second kappa shape index (κ2) is 11.5. The van der Waals surface area contributed by atoms with Crippen molar-refractivity contribution in [1.82, 2.24) is 15.6 Å². The first-order chi connectivity index (χ1) is 12.2. The van der Waals surface area contributed by atoms with Crippen molar-refractivity contribution in [3.63, 3.8) is 0 Å². The minimum Gasteiger partial charge on any atom is -0.384 e. The van der Waals surface area contributed by atoms with Crippen LogP contribution in [0.5, 0.6) is 0 Å². The van der Waals surface area contributed by atoms with E-state index >= 15 is 0 Å². The van der Waals surface area contributed by atoms with Crippen LogP contribution in [0.3, 0.4) is 0 Å².